The van der Waals surface area contributed by atoms with E-state index in [-0.39, 0.29) is 0 Å². The predicted octanol–water partition coefficient (Wildman–Crippen LogP) is 5.16. The van der Waals surface area contributed by atoms with E-state index in [0.29, 0.717) is 22.6 Å². The molecule has 0 aliphatic carbocycles. The monoisotopic (exact) mass is 311 g/mol. The molecule has 2 aromatic rings. The highest BCUT2D eigenvalue weighted by atomic mass is 35.5. The molecule has 1 aromatic carbocycles. The zero-order valence-corrected chi connectivity index (χ0v) is 13.2. The van der Waals surface area contributed by atoms with Gasteiger partial charge in [0.2, 0.25) is 0 Å². The third-order valence-electron chi connectivity index (χ3n) is 3.37. The van der Waals surface area contributed by atoms with Crippen LogP contribution in [0.15, 0.2) is 30.5 Å². The van der Waals surface area contributed by atoms with Gasteiger partial charge < -0.3 is 5.32 Å². The van der Waals surface area contributed by atoms with Crippen molar-refractivity contribution in [3.8, 4) is 0 Å². The predicted molar refractivity (Wildman–Crippen MR) is 85.6 cm³/mol. The molecule has 0 bridgehead atoms. The Morgan fingerprint density at radius 2 is 1.95 bits per heavy atom. The second-order valence-electron chi connectivity index (χ2n) is 4.74. The van der Waals surface area contributed by atoms with Crippen LogP contribution in [0.1, 0.15) is 38.4 Å². The van der Waals surface area contributed by atoms with Gasteiger partial charge in [-0.2, -0.15) is 5.10 Å². The summed E-state index contributed by atoms with van der Waals surface area (Å²) in [7, 11) is 0. The van der Waals surface area contributed by atoms with Crippen LogP contribution in [-0.4, -0.2) is 9.78 Å². The van der Waals surface area contributed by atoms with Crippen LogP contribution in [0, 0.1) is 0 Å². The standard InChI is InChI=1S/C15H19Cl2N3/c1-3-13(4-2)20-8-7-12(19-20)10-18-15-9-11(16)5-6-14(15)17/h5-9,13,18H,3-4,10H2,1-2H3. The van der Waals surface area contributed by atoms with Crippen molar-refractivity contribution in [3.63, 3.8) is 0 Å². The molecule has 108 valence electrons. The molecule has 0 saturated carbocycles. The second-order valence-corrected chi connectivity index (χ2v) is 5.58. The molecule has 2 rings (SSSR count). The lowest BCUT2D eigenvalue weighted by Crippen LogP contribution is -2.09. The van der Waals surface area contributed by atoms with Crippen molar-refractivity contribution in [1.82, 2.24) is 9.78 Å². The minimum atomic E-state index is 0.471. The van der Waals surface area contributed by atoms with Gasteiger partial charge in [0, 0.05) is 11.2 Å². The molecule has 0 aliphatic heterocycles. The molecular weight excluding hydrogens is 293 g/mol. The zero-order chi connectivity index (χ0) is 14.5. The summed E-state index contributed by atoms with van der Waals surface area (Å²) >= 11 is 12.1. The molecule has 1 N–H and O–H groups in total. The Balaban J connectivity index is 2.02. The summed E-state index contributed by atoms with van der Waals surface area (Å²) in [6, 6.07) is 7.88. The van der Waals surface area contributed by atoms with Crippen LogP contribution >= 0.6 is 23.2 Å². The van der Waals surface area contributed by atoms with Crippen molar-refractivity contribution in [2.45, 2.75) is 39.3 Å². The number of rotatable bonds is 6. The summed E-state index contributed by atoms with van der Waals surface area (Å²) in [5.74, 6) is 0. The van der Waals surface area contributed by atoms with Crippen molar-refractivity contribution in [1.29, 1.82) is 0 Å². The molecule has 0 radical (unpaired) electrons. The molecule has 0 saturated heterocycles. The van der Waals surface area contributed by atoms with Gasteiger partial charge in [-0.25, -0.2) is 0 Å². The number of nitrogens with zero attached hydrogens (tertiary/aromatic N) is 2. The van der Waals surface area contributed by atoms with Crippen LogP contribution < -0.4 is 5.32 Å². The Kier molecular flexibility index (Phi) is 5.32. The van der Waals surface area contributed by atoms with Gasteiger partial charge in [-0.3, -0.25) is 4.68 Å². The summed E-state index contributed by atoms with van der Waals surface area (Å²) in [5.41, 5.74) is 1.82. The molecule has 20 heavy (non-hydrogen) atoms. The highest BCUT2D eigenvalue weighted by Gasteiger charge is 2.08. The number of hydrogen-bond acceptors (Lipinski definition) is 2. The summed E-state index contributed by atoms with van der Waals surface area (Å²) in [6.45, 7) is 4.99. The van der Waals surface area contributed by atoms with E-state index in [2.05, 4.69) is 24.3 Å². The Hall–Kier alpha value is -1.19. The van der Waals surface area contributed by atoms with Gasteiger partial charge in [-0.05, 0) is 37.1 Å². The molecule has 0 unspecified atom stereocenters. The Bertz CT molecular complexity index is 562. The third kappa shape index (κ3) is 3.68. The fourth-order valence-corrected chi connectivity index (χ4v) is 2.51. The summed E-state index contributed by atoms with van der Waals surface area (Å²) in [5, 5.41) is 9.19. The van der Waals surface area contributed by atoms with Crippen LogP contribution in [0.3, 0.4) is 0 Å². The maximum Gasteiger partial charge on any atom is 0.0815 e. The quantitative estimate of drug-likeness (QED) is 0.798. The third-order valence-corrected chi connectivity index (χ3v) is 3.93. The first kappa shape index (κ1) is 15.2. The first-order valence-electron chi connectivity index (χ1n) is 6.87. The lowest BCUT2D eigenvalue weighted by atomic mass is 10.2. The van der Waals surface area contributed by atoms with Crippen molar-refractivity contribution in [3.05, 3.63) is 46.2 Å². The van der Waals surface area contributed by atoms with E-state index in [0.717, 1.165) is 24.2 Å². The Morgan fingerprint density at radius 1 is 1.20 bits per heavy atom. The van der Waals surface area contributed by atoms with Crippen LogP contribution in [0.25, 0.3) is 0 Å². The van der Waals surface area contributed by atoms with Gasteiger partial charge in [-0.1, -0.05) is 37.0 Å². The van der Waals surface area contributed by atoms with Crippen molar-refractivity contribution >= 4 is 28.9 Å². The van der Waals surface area contributed by atoms with Crippen molar-refractivity contribution in [2.75, 3.05) is 5.32 Å². The van der Waals surface area contributed by atoms with Gasteiger partial charge in [0.15, 0.2) is 0 Å². The number of halogens is 2. The average molecular weight is 312 g/mol. The van der Waals surface area contributed by atoms with E-state index in [4.69, 9.17) is 23.2 Å². The van der Waals surface area contributed by atoms with Crippen LogP contribution in [0.4, 0.5) is 5.69 Å². The maximum atomic E-state index is 6.12. The Morgan fingerprint density at radius 3 is 2.65 bits per heavy atom. The maximum absolute atomic E-state index is 6.12. The van der Waals surface area contributed by atoms with Gasteiger partial charge in [0.1, 0.15) is 0 Å². The van der Waals surface area contributed by atoms with Gasteiger partial charge >= 0.3 is 0 Å². The van der Waals surface area contributed by atoms with Gasteiger partial charge in [-0.15, -0.1) is 0 Å². The number of nitrogens with one attached hydrogen (secondary N) is 1. The Labute approximate surface area is 129 Å². The average Bonchev–Trinajstić information content (AvgIpc) is 2.90. The minimum absolute atomic E-state index is 0.471. The van der Waals surface area contributed by atoms with E-state index in [1.54, 1.807) is 12.1 Å². The number of hydrogen-bond donors (Lipinski definition) is 1. The molecule has 0 spiro atoms. The molecule has 3 nitrogen and oxygen atoms in total. The lowest BCUT2D eigenvalue weighted by molar-refractivity contribution is 0.426. The molecule has 0 fully saturated rings. The minimum Gasteiger partial charge on any atom is -0.378 e. The first-order valence-corrected chi connectivity index (χ1v) is 7.62. The highest BCUT2D eigenvalue weighted by molar-refractivity contribution is 6.35. The summed E-state index contributed by atoms with van der Waals surface area (Å²) in [6.07, 6.45) is 4.21. The normalized spacial score (nSPS) is 11.1. The number of aromatic nitrogens is 2. The zero-order valence-electron chi connectivity index (χ0n) is 11.7. The number of benzene rings is 1. The van der Waals surface area contributed by atoms with Gasteiger partial charge in [0.05, 0.1) is 29.0 Å². The highest BCUT2D eigenvalue weighted by Crippen LogP contribution is 2.25. The second kappa shape index (κ2) is 7.00. The smallest absolute Gasteiger partial charge is 0.0815 e. The van der Waals surface area contributed by atoms with Gasteiger partial charge in [0.25, 0.3) is 0 Å². The molecular formula is C15H19Cl2N3. The van der Waals surface area contributed by atoms with Crippen LogP contribution in [0.5, 0.6) is 0 Å². The molecule has 1 heterocycles. The fraction of sp³-hybridized carbons (Fsp3) is 0.400. The van der Waals surface area contributed by atoms with E-state index < -0.39 is 0 Å². The fourth-order valence-electron chi connectivity index (χ4n) is 2.16. The van der Waals surface area contributed by atoms with E-state index in [9.17, 15) is 0 Å². The summed E-state index contributed by atoms with van der Waals surface area (Å²) < 4.78 is 2.04. The molecule has 5 heteroatoms. The van der Waals surface area contributed by atoms with Crippen molar-refractivity contribution < 1.29 is 0 Å². The van der Waals surface area contributed by atoms with E-state index in [1.807, 2.05) is 23.0 Å². The van der Waals surface area contributed by atoms with Crippen LogP contribution in [0.2, 0.25) is 10.0 Å². The first-order chi connectivity index (χ1) is 9.63. The number of anilines is 1. The molecule has 1 aromatic heterocycles. The van der Waals surface area contributed by atoms with E-state index >= 15 is 0 Å². The lowest BCUT2D eigenvalue weighted by Gasteiger charge is -2.12. The SMILES string of the molecule is CCC(CC)n1ccc(CNc2cc(Cl)ccc2Cl)n1. The molecule has 0 aliphatic rings. The van der Waals surface area contributed by atoms with Crippen molar-refractivity contribution in [2.24, 2.45) is 0 Å². The van der Waals surface area contributed by atoms with Crippen LogP contribution in [-0.2, 0) is 6.54 Å². The van der Waals surface area contributed by atoms with E-state index in [1.165, 1.54) is 0 Å². The molecule has 0 amide bonds. The summed E-state index contributed by atoms with van der Waals surface area (Å²) in [4.78, 5) is 0. The topological polar surface area (TPSA) is 29.9 Å². The largest absolute Gasteiger partial charge is 0.378 e. The molecule has 0 atom stereocenters.